The number of nitrogens with two attached hydrogens (primary N) is 1. The van der Waals surface area contributed by atoms with E-state index < -0.39 is 5.60 Å². The Kier molecular flexibility index (Phi) is 6.14. The number of piperidine rings is 1. The van der Waals surface area contributed by atoms with Crippen LogP contribution in [-0.4, -0.2) is 78.5 Å². The third-order valence-electron chi connectivity index (χ3n) is 6.96. The summed E-state index contributed by atoms with van der Waals surface area (Å²) < 4.78 is 6.38. The summed E-state index contributed by atoms with van der Waals surface area (Å²) in [4.78, 5) is 4.93. The number of rotatable bonds is 3. The van der Waals surface area contributed by atoms with Gasteiger partial charge in [-0.1, -0.05) is 30.4 Å². The van der Waals surface area contributed by atoms with E-state index >= 15 is 0 Å². The predicted molar refractivity (Wildman–Crippen MR) is 118 cm³/mol. The van der Waals surface area contributed by atoms with Gasteiger partial charge in [0.15, 0.2) is 0 Å². The number of hydrogen-bond acceptors (Lipinski definition) is 5. The second kappa shape index (κ2) is 8.48. The molecule has 0 saturated carbocycles. The van der Waals surface area contributed by atoms with E-state index in [1.807, 2.05) is 19.9 Å². The van der Waals surface area contributed by atoms with Gasteiger partial charge < -0.3 is 15.6 Å². The van der Waals surface area contributed by atoms with Crippen LogP contribution in [0.25, 0.3) is 0 Å². The van der Waals surface area contributed by atoms with Crippen LogP contribution in [0.2, 0.25) is 0 Å². The molecule has 4 aliphatic rings. The molecule has 1 aliphatic carbocycles. The lowest BCUT2D eigenvalue weighted by Gasteiger charge is -2.35. The number of fused-ring (bicyclic) bond motifs is 2. The van der Waals surface area contributed by atoms with Gasteiger partial charge in [-0.2, -0.15) is 0 Å². The minimum Gasteiger partial charge on any atom is -0.386 e. The highest BCUT2D eigenvalue weighted by Crippen LogP contribution is 2.39. The minimum absolute atomic E-state index is 0.0297. The van der Waals surface area contributed by atoms with E-state index in [9.17, 15) is 5.11 Å². The van der Waals surface area contributed by atoms with Gasteiger partial charge in [-0.3, -0.25) is 9.80 Å². The van der Waals surface area contributed by atoms with Gasteiger partial charge in [0.25, 0.3) is 0 Å². The van der Waals surface area contributed by atoms with Gasteiger partial charge in [0.2, 0.25) is 0 Å². The molecule has 0 spiro atoms. The molecule has 5 heteroatoms. The van der Waals surface area contributed by atoms with Crippen LogP contribution in [0.4, 0.5) is 0 Å². The predicted octanol–water partition coefficient (Wildman–Crippen LogP) is 2.25. The largest absolute Gasteiger partial charge is 0.386 e. The van der Waals surface area contributed by atoms with Crippen LogP contribution in [0, 0.1) is 5.92 Å². The Morgan fingerprint density at radius 2 is 2.03 bits per heavy atom. The van der Waals surface area contributed by atoms with E-state index in [1.165, 1.54) is 11.1 Å². The minimum atomic E-state index is -0.848. The van der Waals surface area contributed by atoms with Crippen molar-refractivity contribution in [2.45, 2.75) is 56.9 Å². The standard InChI is InChI=1S/C24H37N3O2/c1-24(2,28)17-6-7-23-21(15-17)19(10-14-27-12-8-18(25)9-13-27)20-5-4-11-26(3)22(20)16-29-23/h5-7,10,15,18,21-23,28H,4,8-9,11-14,16,25H2,1-3H3/b19-10+. The first kappa shape index (κ1) is 21.0. The maximum Gasteiger partial charge on any atom is 0.0863 e. The smallest absolute Gasteiger partial charge is 0.0863 e. The molecule has 3 atom stereocenters. The maximum atomic E-state index is 10.6. The fourth-order valence-corrected chi connectivity index (χ4v) is 4.99. The van der Waals surface area contributed by atoms with Crippen molar-refractivity contribution in [1.29, 1.82) is 0 Å². The molecule has 4 rings (SSSR count). The third-order valence-corrected chi connectivity index (χ3v) is 6.96. The van der Waals surface area contributed by atoms with E-state index in [2.05, 4.69) is 41.2 Å². The normalized spacial score (nSPS) is 33.7. The Balaban J connectivity index is 1.67. The van der Waals surface area contributed by atoms with Gasteiger partial charge in [0, 0.05) is 25.0 Å². The number of likely N-dealkylation sites (N-methyl/N-ethyl adjacent to an activating group) is 1. The molecule has 3 heterocycles. The molecule has 29 heavy (non-hydrogen) atoms. The Hall–Kier alpha value is -1.24. The summed E-state index contributed by atoms with van der Waals surface area (Å²) in [6.07, 6.45) is 14.5. The van der Waals surface area contributed by atoms with Crippen molar-refractivity contribution in [2.24, 2.45) is 11.7 Å². The van der Waals surface area contributed by atoms with E-state index in [0.717, 1.165) is 57.6 Å². The molecule has 0 aromatic heterocycles. The molecule has 3 aliphatic heterocycles. The van der Waals surface area contributed by atoms with Crippen molar-refractivity contribution in [3.05, 3.63) is 47.1 Å². The molecule has 0 amide bonds. The zero-order valence-corrected chi connectivity index (χ0v) is 18.2. The lowest BCUT2D eigenvalue weighted by atomic mass is 9.78. The molecule has 2 fully saturated rings. The molecule has 160 valence electrons. The molecule has 0 bridgehead atoms. The molecule has 0 aromatic rings. The summed E-state index contributed by atoms with van der Waals surface area (Å²) >= 11 is 0. The van der Waals surface area contributed by atoms with Crippen LogP contribution in [0.5, 0.6) is 0 Å². The van der Waals surface area contributed by atoms with Gasteiger partial charge in [-0.05, 0) is 70.0 Å². The van der Waals surface area contributed by atoms with Crippen LogP contribution >= 0.6 is 0 Å². The molecule has 5 nitrogen and oxygen atoms in total. The van der Waals surface area contributed by atoms with Crippen LogP contribution < -0.4 is 5.73 Å². The highest BCUT2D eigenvalue weighted by molar-refractivity contribution is 5.47. The average molecular weight is 400 g/mol. The monoisotopic (exact) mass is 399 g/mol. The van der Waals surface area contributed by atoms with Crippen molar-refractivity contribution in [3.8, 4) is 0 Å². The molecule has 0 radical (unpaired) electrons. The first-order chi connectivity index (χ1) is 13.8. The Morgan fingerprint density at radius 1 is 1.28 bits per heavy atom. The van der Waals surface area contributed by atoms with E-state index in [-0.39, 0.29) is 12.0 Å². The van der Waals surface area contributed by atoms with Gasteiger partial charge >= 0.3 is 0 Å². The molecule has 3 N–H and O–H groups in total. The van der Waals surface area contributed by atoms with Gasteiger partial charge in [-0.15, -0.1) is 0 Å². The van der Waals surface area contributed by atoms with Crippen LogP contribution in [0.1, 0.15) is 33.1 Å². The fourth-order valence-electron chi connectivity index (χ4n) is 4.99. The first-order valence-electron chi connectivity index (χ1n) is 11.2. The number of nitrogens with zero attached hydrogens (tertiary/aromatic N) is 2. The zero-order valence-electron chi connectivity index (χ0n) is 18.2. The third kappa shape index (κ3) is 4.59. The van der Waals surface area contributed by atoms with Crippen molar-refractivity contribution in [2.75, 3.05) is 39.8 Å². The highest BCUT2D eigenvalue weighted by Gasteiger charge is 2.38. The number of aliphatic hydroxyl groups is 1. The first-order valence-corrected chi connectivity index (χ1v) is 11.2. The van der Waals surface area contributed by atoms with Gasteiger partial charge in [-0.25, -0.2) is 0 Å². The number of hydrogen-bond donors (Lipinski definition) is 2. The summed E-state index contributed by atoms with van der Waals surface area (Å²) in [6, 6.07) is 0.664. The molecular weight excluding hydrogens is 362 g/mol. The van der Waals surface area contributed by atoms with E-state index in [4.69, 9.17) is 10.5 Å². The summed E-state index contributed by atoms with van der Waals surface area (Å²) in [6.45, 7) is 8.61. The Labute approximate surface area is 175 Å². The second-order valence-corrected chi connectivity index (χ2v) is 9.61. The highest BCUT2D eigenvalue weighted by atomic mass is 16.5. The Morgan fingerprint density at radius 3 is 2.76 bits per heavy atom. The lowest BCUT2D eigenvalue weighted by Crippen LogP contribution is -2.41. The topological polar surface area (TPSA) is 62.0 Å². The van der Waals surface area contributed by atoms with E-state index in [1.54, 1.807) is 0 Å². The summed E-state index contributed by atoms with van der Waals surface area (Å²) in [5.74, 6) is 0.149. The SMILES string of the molecule is CN1CCC=C2/C(=C\CN3CCC(N)CC3)C3C=C(C(C)(C)O)C=CC3OCC21. The van der Waals surface area contributed by atoms with Crippen molar-refractivity contribution >= 4 is 0 Å². The molecule has 0 aromatic carbocycles. The summed E-state index contributed by atoms with van der Waals surface area (Å²) in [5.41, 5.74) is 9.01. The van der Waals surface area contributed by atoms with Gasteiger partial charge in [0.05, 0.1) is 24.4 Å². The zero-order chi connectivity index (χ0) is 20.6. The number of likely N-dealkylation sites (tertiary alicyclic amines) is 1. The number of ether oxygens (including phenoxy) is 1. The lowest BCUT2D eigenvalue weighted by molar-refractivity contribution is 0.0421. The molecule has 3 unspecified atom stereocenters. The van der Waals surface area contributed by atoms with Crippen LogP contribution in [0.15, 0.2) is 47.1 Å². The second-order valence-electron chi connectivity index (χ2n) is 9.61. The van der Waals surface area contributed by atoms with Crippen LogP contribution in [0.3, 0.4) is 0 Å². The fraction of sp³-hybridized carbons (Fsp3) is 0.667. The van der Waals surface area contributed by atoms with Crippen molar-refractivity contribution in [3.63, 3.8) is 0 Å². The average Bonchev–Trinajstić information content (AvgIpc) is 2.84. The maximum absolute atomic E-state index is 10.6. The van der Waals surface area contributed by atoms with Gasteiger partial charge in [0.1, 0.15) is 0 Å². The summed E-state index contributed by atoms with van der Waals surface area (Å²) in [5, 5.41) is 10.6. The molecule has 2 saturated heterocycles. The van der Waals surface area contributed by atoms with Crippen LogP contribution in [-0.2, 0) is 4.74 Å². The van der Waals surface area contributed by atoms with E-state index in [0.29, 0.717) is 12.1 Å². The Bertz CT molecular complexity index is 723. The van der Waals surface area contributed by atoms with Crippen molar-refractivity contribution < 1.29 is 9.84 Å². The van der Waals surface area contributed by atoms with Crippen molar-refractivity contribution in [1.82, 2.24) is 9.80 Å². The molecular formula is C24H37N3O2. The quantitative estimate of drug-likeness (QED) is 0.762. The summed E-state index contributed by atoms with van der Waals surface area (Å²) in [7, 11) is 2.20.